The monoisotopic (exact) mass is 300 g/mol. The molecule has 0 radical (unpaired) electrons. The molecule has 21 heavy (non-hydrogen) atoms. The lowest BCUT2D eigenvalue weighted by Gasteiger charge is -2.22. The third-order valence-corrected chi connectivity index (χ3v) is 3.65. The molecule has 0 saturated carbocycles. The molecule has 0 aromatic heterocycles. The predicted octanol–water partition coefficient (Wildman–Crippen LogP) is 3.42. The number of hydrogen-bond donors (Lipinski definition) is 2. The van der Waals surface area contributed by atoms with E-state index >= 15 is 0 Å². The molecule has 1 amide bonds. The zero-order chi connectivity index (χ0) is 15.3. The van der Waals surface area contributed by atoms with Gasteiger partial charge in [0.15, 0.2) is 0 Å². The molecule has 1 heterocycles. The largest absolute Gasteiger partial charge is 0.416 e. The van der Waals surface area contributed by atoms with Crippen LogP contribution in [0.15, 0.2) is 24.3 Å². The van der Waals surface area contributed by atoms with E-state index in [0.717, 1.165) is 44.5 Å². The number of nitrogens with one attached hydrogen (secondary N) is 2. The number of amides is 1. The highest BCUT2D eigenvalue weighted by Crippen LogP contribution is 2.30. The van der Waals surface area contributed by atoms with Crippen LogP contribution in [-0.2, 0) is 11.0 Å². The highest BCUT2D eigenvalue weighted by molar-refractivity contribution is 5.90. The molecule has 1 saturated heterocycles. The lowest BCUT2D eigenvalue weighted by atomic mass is 9.94. The van der Waals surface area contributed by atoms with Crippen LogP contribution in [0, 0.1) is 5.92 Å². The van der Waals surface area contributed by atoms with Gasteiger partial charge in [0.05, 0.1) is 5.56 Å². The fraction of sp³-hybridized carbons (Fsp3) is 0.533. The van der Waals surface area contributed by atoms with Crippen LogP contribution in [0.4, 0.5) is 18.9 Å². The third kappa shape index (κ3) is 5.04. The van der Waals surface area contributed by atoms with E-state index in [1.54, 1.807) is 0 Å². The standard InChI is InChI=1S/C15H19F3N2O/c16-15(17,18)12-4-1-5-13(9-12)20-14(21)7-6-11-3-2-8-19-10-11/h1,4-5,9,11,19H,2-3,6-8,10H2,(H,20,21). The smallest absolute Gasteiger partial charge is 0.326 e. The van der Waals surface area contributed by atoms with Crippen molar-refractivity contribution in [2.24, 2.45) is 5.92 Å². The number of carbonyl (C=O) groups excluding carboxylic acids is 1. The Labute approximate surface area is 121 Å². The van der Waals surface area contributed by atoms with E-state index in [2.05, 4.69) is 10.6 Å². The minimum absolute atomic E-state index is 0.191. The third-order valence-electron chi connectivity index (χ3n) is 3.65. The fourth-order valence-corrected chi connectivity index (χ4v) is 2.50. The average Bonchev–Trinajstić information content (AvgIpc) is 2.46. The molecule has 2 N–H and O–H groups in total. The summed E-state index contributed by atoms with van der Waals surface area (Å²) in [5.74, 6) is 0.242. The first-order valence-corrected chi connectivity index (χ1v) is 7.13. The van der Waals surface area contributed by atoms with Gasteiger partial charge in [-0.2, -0.15) is 13.2 Å². The number of alkyl halides is 3. The first-order valence-electron chi connectivity index (χ1n) is 7.13. The second-order valence-corrected chi connectivity index (χ2v) is 5.38. The molecule has 1 aromatic rings. The van der Waals surface area contributed by atoms with Crippen LogP contribution in [0.3, 0.4) is 0 Å². The minimum Gasteiger partial charge on any atom is -0.326 e. The van der Waals surface area contributed by atoms with Crippen molar-refractivity contribution in [3.05, 3.63) is 29.8 Å². The molecule has 1 aliphatic heterocycles. The molecule has 2 rings (SSSR count). The molecule has 6 heteroatoms. The van der Waals surface area contributed by atoms with E-state index in [-0.39, 0.29) is 11.6 Å². The van der Waals surface area contributed by atoms with E-state index in [1.807, 2.05) is 0 Å². The maximum absolute atomic E-state index is 12.6. The van der Waals surface area contributed by atoms with E-state index in [4.69, 9.17) is 0 Å². The molecular weight excluding hydrogens is 281 g/mol. The number of piperidine rings is 1. The second-order valence-electron chi connectivity index (χ2n) is 5.38. The molecule has 0 aliphatic carbocycles. The van der Waals surface area contributed by atoms with E-state index in [0.29, 0.717) is 12.3 Å². The Kier molecular flexibility index (Phi) is 5.22. The van der Waals surface area contributed by atoms with Gasteiger partial charge < -0.3 is 10.6 Å². The van der Waals surface area contributed by atoms with Crippen LogP contribution in [0.2, 0.25) is 0 Å². The van der Waals surface area contributed by atoms with Crippen molar-refractivity contribution in [1.82, 2.24) is 5.32 Å². The van der Waals surface area contributed by atoms with Crippen LogP contribution in [0.1, 0.15) is 31.2 Å². The van der Waals surface area contributed by atoms with Crippen LogP contribution in [0.25, 0.3) is 0 Å². The summed E-state index contributed by atoms with van der Waals surface area (Å²) in [6, 6.07) is 4.71. The molecule has 1 aliphatic rings. The molecule has 1 unspecified atom stereocenters. The van der Waals surface area contributed by atoms with Crippen molar-refractivity contribution >= 4 is 11.6 Å². The summed E-state index contributed by atoms with van der Waals surface area (Å²) in [7, 11) is 0. The molecule has 1 fully saturated rings. The van der Waals surface area contributed by atoms with Crippen molar-refractivity contribution in [2.75, 3.05) is 18.4 Å². The van der Waals surface area contributed by atoms with Crippen LogP contribution in [-0.4, -0.2) is 19.0 Å². The van der Waals surface area contributed by atoms with Crippen molar-refractivity contribution in [1.29, 1.82) is 0 Å². The Balaban J connectivity index is 1.84. The number of halogens is 3. The Bertz CT molecular complexity index is 482. The first-order chi connectivity index (χ1) is 9.95. The molecule has 1 aromatic carbocycles. The van der Waals surface area contributed by atoms with E-state index in [9.17, 15) is 18.0 Å². The van der Waals surface area contributed by atoms with E-state index in [1.165, 1.54) is 12.1 Å². The predicted molar refractivity (Wildman–Crippen MR) is 74.9 cm³/mol. The molecule has 0 spiro atoms. The molecule has 3 nitrogen and oxygen atoms in total. The number of anilines is 1. The van der Waals surface area contributed by atoms with Gasteiger partial charge in [0.25, 0.3) is 0 Å². The van der Waals surface area contributed by atoms with Crippen molar-refractivity contribution in [3.63, 3.8) is 0 Å². The van der Waals surface area contributed by atoms with Gasteiger partial charge in [0.1, 0.15) is 0 Å². The highest BCUT2D eigenvalue weighted by Gasteiger charge is 2.30. The molecule has 1 atom stereocenters. The lowest BCUT2D eigenvalue weighted by molar-refractivity contribution is -0.137. The first kappa shape index (κ1) is 15.8. The van der Waals surface area contributed by atoms with Gasteiger partial charge in [0.2, 0.25) is 5.91 Å². The van der Waals surface area contributed by atoms with Gasteiger partial charge in [0, 0.05) is 12.1 Å². The fourth-order valence-electron chi connectivity index (χ4n) is 2.50. The highest BCUT2D eigenvalue weighted by atomic mass is 19.4. The lowest BCUT2D eigenvalue weighted by Crippen LogP contribution is -2.30. The summed E-state index contributed by atoms with van der Waals surface area (Å²) in [6.07, 6.45) is -1.08. The normalized spacial score (nSPS) is 19.3. The van der Waals surface area contributed by atoms with Crippen molar-refractivity contribution in [2.45, 2.75) is 31.9 Å². The average molecular weight is 300 g/mol. The zero-order valence-corrected chi connectivity index (χ0v) is 11.7. The quantitative estimate of drug-likeness (QED) is 0.894. The Morgan fingerprint density at radius 2 is 2.19 bits per heavy atom. The second kappa shape index (κ2) is 6.93. The Morgan fingerprint density at radius 1 is 1.38 bits per heavy atom. The van der Waals surface area contributed by atoms with Crippen LogP contribution >= 0.6 is 0 Å². The van der Waals surface area contributed by atoms with Gasteiger partial charge in [-0.25, -0.2) is 0 Å². The van der Waals surface area contributed by atoms with Gasteiger partial charge in [-0.15, -0.1) is 0 Å². The van der Waals surface area contributed by atoms with Gasteiger partial charge in [-0.3, -0.25) is 4.79 Å². The summed E-state index contributed by atoms with van der Waals surface area (Å²) in [4.78, 5) is 11.8. The van der Waals surface area contributed by atoms with Gasteiger partial charge in [-0.1, -0.05) is 6.07 Å². The summed E-state index contributed by atoms with van der Waals surface area (Å²) < 4.78 is 37.7. The SMILES string of the molecule is O=C(CCC1CCCNC1)Nc1cccc(C(F)(F)F)c1. The molecule has 116 valence electrons. The maximum Gasteiger partial charge on any atom is 0.416 e. The van der Waals surface area contributed by atoms with Crippen molar-refractivity contribution < 1.29 is 18.0 Å². The number of hydrogen-bond acceptors (Lipinski definition) is 2. The number of benzene rings is 1. The number of carbonyl (C=O) groups is 1. The summed E-state index contributed by atoms with van der Waals surface area (Å²) >= 11 is 0. The van der Waals surface area contributed by atoms with Crippen LogP contribution < -0.4 is 10.6 Å². The zero-order valence-electron chi connectivity index (χ0n) is 11.7. The van der Waals surface area contributed by atoms with E-state index < -0.39 is 11.7 Å². The Morgan fingerprint density at radius 3 is 2.86 bits per heavy atom. The summed E-state index contributed by atoms with van der Waals surface area (Å²) in [5, 5.41) is 5.81. The summed E-state index contributed by atoms with van der Waals surface area (Å²) in [5.41, 5.74) is -0.562. The van der Waals surface area contributed by atoms with Crippen LogP contribution in [0.5, 0.6) is 0 Å². The summed E-state index contributed by atoms with van der Waals surface area (Å²) in [6.45, 7) is 1.93. The van der Waals surface area contributed by atoms with Gasteiger partial charge in [-0.05, 0) is 56.5 Å². The Hall–Kier alpha value is -1.56. The molecular formula is C15H19F3N2O. The van der Waals surface area contributed by atoms with Gasteiger partial charge >= 0.3 is 6.18 Å². The van der Waals surface area contributed by atoms with Crippen molar-refractivity contribution in [3.8, 4) is 0 Å². The minimum atomic E-state index is -4.39. The molecule has 0 bridgehead atoms. The number of rotatable bonds is 4. The topological polar surface area (TPSA) is 41.1 Å². The maximum atomic E-state index is 12.6.